The summed E-state index contributed by atoms with van der Waals surface area (Å²) in [6.07, 6.45) is 1.29. The molecule has 0 saturated carbocycles. The number of hydrogen-bond donors (Lipinski definition) is 0. The first-order valence-corrected chi connectivity index (χ1v) is 12.6. The topological polar surface area (TPSA) is 74.3 Å². The number of methoxy groups -OCH3 is 1. The minimum atomic E-state index is -4.13. The highest BCUT2D eigenvalue weighted by Gasteiger charge is 2.35. The average molecular weight is 498 g/mol. The Morgan fingerprint density at radius 3 is 2.53 bits per heavy atom. The molecule has 0 aliphatic carbocycles. The Labute approximate surface area is 198 Å². The molecule has 1 unspecified atom stereocenters. The zero-order valence-electron chi connectivity index (χ0n) is 19.3. The van der Waals surface area contributed by atoms with Crippen molar-refractivity contribution in [1.29, 1.82) is 0 Å². The Morgan fingerprint density at radius 1 is 1.12 bits per heavy atom. The first kappa shape index (κ1) is 24.8. The normalized spacial score (nSPS) is 19.7. The number of nitrogens with zero attached hydrogens (tertiary/aromatic N) is 1. The Hall–Kier alpha value is -2.27. The van der Waals surface area contributed by atoms with Crippen LogP contribution in [0.2, 0.25) is 0 Å². The van der Waals surface area contributed by atoms with E-state index in [1.807, 2.05) is 0 Å². The second-order valence-electron chi connectivity index (χ2n) is 9.09. The van der Waals surface area contributed by atoms with Gasteiger partial charge in [-0.3, -0.25) is 0 Å². The molecule has 7 nitrogen and oxygen atoms in total. The maximum atomic E-state index is 13.8. The lowest BCUT2D eigenvalue weighted by atomic mass is 9.90. The SMILES string of the molecule is COc1ccc(CN(CC2CCCO2)S(=O)(=O)c2ccc(F)c(F)c2)cc1OCC1(C)COC1. The van der Waals surface area contributed by atoms with Gasteiger partial charge in [-0.15, -0.1) is 0 Å². The van der Waals surface area contributed by atoms with Crippen molar-refractivity contribution in [1.82, 2.24) is 4.31 Å². The van der Waals surface area contributed by atoms with Gasteiger partial charge < -0.3 is 18.9 Å². The lowest BCUT2D eigenvalue weighted by Crippen LogP contribution is -2.44. The molecule has 2 aliphatic rings. The van der Waals surface area contributed by atoms with Gasteiger partial charge in [0.2, 0.25) is 10.0 Å². The van der Waals surface area contributed by atoms with Crippen LogP contribution in [-0.4, -0.2) is 58.9 Å². The molecule has 4 rings (SSSR count). The number of sulfonamides is 1. The predicted octanol–water partition coefficient (Wildman–Crippen LogP) is 3.76. The standard InChI is InChI=1S/C24H29F2NO6S/c1-24(14-31-15-24)16-33-23-10-17(5-8-22(23)30-2)12-27(13-18-4-3-9-32-18)34(28,29)19-6-7-20(25)21(26)11-19/h5-8,10-11,18H,3-4,9,12-16H2,1-2H3. The molecule has 0 amide bonds. The quantitative estimate of drug-likeness (QED) is 0.498. The van der Waals surface area contributed by atoms with Crippen molar-refractivity contribution in [2.45, 2.75) is 37.3 Å². The molecule has 0 spiro atoms. The number of benzene rings is 2. The van der Waals surface area contributed by atoms with Gasteiger partial charge in [0.1, 0.15) is 0 Å². The fourth-order valence-corrected chi connectivity index (χ4v) is 5.44. The molecule has 1 atom stereocenters. The molecule has 2 aromatic carbocycles. The van der Waals surface area contributed by atoms with Crippen LogP contribution < -0.4 is 9.47 Å². The summed E-state index contributed by atoms with van der Waals surface area (Å²) in [5.41, 5.74) is 0.582. The molecule has 2 heterocycles. The van der Waals surface area contributed by atoms with Crippen molar-refractivity contribution < 1.29 is 36.1 Å². The van der Waals surface area contributed by atoms with Crippen LogP contribution in [-0.2, 0) is 26.0 Å². The van der Waals surface area contributed by atoms with Crippen molar-refractivity contribution in [3.8, 4) is 11.5 Å². The zero-order valence-corrected chi connectivity index (χ0v) is 20.1. The van der Waals surface area contributed by atoms with Crippen LogP contribution in [0.1, 0.15) is 25.3 Å². The largest absolute Gasteiger partial charge is 0.493 e. The predicted molar refractivity (Wildman–Crippen MR) is 120 cm³/mol. The van der Waals surface area contributed by atoms with E-state index in [2.05, 4.69) is 6.92 Å². The van der Waals surface area contributed by atoms with Crippen LogP contribution in [0, 0.1) is 17.0 Å². The maximum absolute atomic E-state index is 13.8. The van der Waals surface area contributed by atoms with E-state index in [9.17, 15) is 17.2 Å². The van der Waals surface area contributed by atoms with E-state index in [4.69, 9.17) is 18.9 Å². The third-order valence-electron chi connectivity index (χ3n) is 6.02. The third-order valence-corrected chi connectivity index (χ3v) is 7.83. The highest BCUT2D eigenvalue weighted by molar-refractivity contribution is 7.89. The lowest BCUT2D eigenvalue weighted by Gasteiger charge is -2.37. The lowest BCUT2D eigenvalue weighted by molar-refractivity contribution is -0.120. The molecule has 0 radical (unpaired) electrons. The van der Waals surface area contributed by atoms with Gasteiger partial charge in [-0.2, -0.15) is 4.31 Å². The first-order chi connectivity index (χ1) is 16.2. The molecule has 0 bridgehead atoms. The zero-order chi connectivity index (χ0) is 24.3. The van der Waals surface area contributed by atoms with E-state index >= 15 is 0 Å². The smallest absolute Gasteiger partial charge is 0.243 e. The highest BCUT2D eigenvalue weighted by atomic mass is 32.2. The Morgan fingerprint density at radius 2 is 1.91 bits per heavy atom. The second kappa shape index (κ2) is 10.2. The van der Waals surface area contributed by atoms with Gasteiger partial charge in [0, 0.05) is 25.1 Å². The third kappa shape index (κ3) is 5.51. The number of ether oxygens (including phenoxy) is 4. The number of halogens is 2. The van der Waals surface area contributed by atoms with Gasteiger partial charge in [0.15, 0.2) is 23.1 Å². The number of rotatable bonds is 10. The summed E-state index contributed by atoms with van der Waals surface area (Å²) >= 11 is 0. The van der Waals surface area contributed by atoms with Gasteiger partial charge in [0.05, 0.1) is 37.9 Å². The summed E-state index contributed by atoms with van der Waals surface area (Å²) < 4.78 is 77.7. The molecule has 2 aliphatic heterocycles. The fraction of sp³-hybridized carbons (Fsp3) is 0.500. The van der Waals surface area contributed by atoms with E-state index in [0.717, 1.165) is 25.0 Å². The molecular weight excluding hydrogens is 468 g/mol. The Balaban J connectivity index is 1.60. The van der Waals surface area contributed by atoms with Crippen LogP contribution in [0.4, 0.5) is 8.78 Å². The van der Waals surface area contributed by atoms with Crippen molar-refractivity contribution in [3.05, 3.63) is 53.6 Å². The van der Waals surface area contributed by atoms with Crippen LogP contribution in [0.5, 0.6) is 11.5 Å². The molecule has 34 heavy (non-hydrogen) atoms. The molecule has 2 aromatic rings. The summed E-state index contributed by atoms with van der Waals surface area (Å²) in [4.78, 5) is -0.313. The molecule has 10 heteroatoms. The van der Waals surface area contributed by atoms with Crippen LogP contribution in [0.25, 0.3) is 0 Å². The molecule has 0 N–H and O–H groups in total. The van der Waals surface area contributed by atoms with E-state index in [0.29, 0.717) is 49.6 Å². The summed E-state index contributed by atoms with van der Waals surface area (Å²) in [6.45, 7) is 4.37. The summed E-state index contributed by atoms with van der Waals surface area (Å²) in [7, 11) is -2.59. The molecular formula is C24H29F2NO6S. The van der Waals surface area contributed by atoms with Crippen LogP contribution in [0.3, 0.4) is 0 Å². The van der Waals surface area contributed by atoms with Crippen LogP contribution >= 0.6 is 0 Å². The second-order valence-corrected chi connectivity index (χ2v) is 11.0. The van der Waals surface area contributed by atoms with Crippen molar-refractivity contribution in [2.75, 3.05) is 40.1 Å². The molecule has 2 saturated heterocycles. The van der Waals surface area contributed by atoms with E-state index < -0.39 is 21.7 Å². The van der Waals surface area contributed by atoms with E-state index in [-0.39, 0.29) is 29.5 Å². The van der Waals surface area contributed by atoms with E-state index in [1.165, 1.54) is 11.4 Å². The molecule has 0 aromatic heterocycles. The van der Waals surface area contributed by atoms with Gasteiger partial charge in [-0.05, 0) is 48.7 Å². The van der Waals surface area contributed by atoms with Gasteiger partial charge in [-0.1, -0.05) is 13.0 Å². The van der Waals surface area contributed by atoms with Crippen molar-refractivity contribution in [3.63, 3.8) is 0 Å². The monoisotopic (exact) mass is 497 g/mol. The van der Waals surface area contributed by atoms with Crippen molar-refractivity contribution in [2.24, 2.45) is 5.41 Å². The summed E-state index contributed by atoms with van der Waals surface area (Å²) in [6, 6.07) is 7.81. The maximum Gasteiger partial charge on any atom is 0.243 e. The van der Waals surface area contributed by atoms with Gasteiger partial charge in [0.25, 0.3) is 0 Å². The highest BCUT2D eigenvalue weighted by Crippen LogP contribution is 2.33. The summed E-state index contributed by atoms with van der Waals surface area (Å²) in [5, 5.41) is 0. The number of hydrogen-bond acceptors (Lipinski definition) is 6. The first-order valence-electron chi connectivity index (χ1n) is 11.1. The Bertz CT molecular complexity index is 1120. The van der Waals surface area contributed by atoms with Gasteiger partial charge >= 0.3 is 0 Å². The van der Waals surface area contributed by atoms with Gasteiger partial charge in [-0.25, -0.2) is 17.2 Å². The minimum Gasteiger partial charge on any atom is -0.493 e. The molecule has 2 fully saturated rings. The van der Waals surface area contributed by atoms with E-state index in [1.54, 1.807) is 18.2 Å². The average Bonchev–Trinajstić information content (AvgIpc) is 3.31. The minimum absolute atomic E-state index is 0.00191. The summed E-state index contributed by atoms with van der Waals surface area (Å²) in [5.74, 6) is -1.30. The fourth-order valence-electron chi connectivity index (χ4n) is 3.97. The molecule has 186 valence electrons. The van der Waals surface area contributed by atoms with Crippen molar-refractivity contribution >= 4 is 10.0 Å². The Kier molecular flexibility index (Phi) is 7.42. The van der Waals surface area contributed by atoms with Crippen LogP contribution in [0.15, 0.2) is 41.3 Å².